The molecule has 0 spiro atoms. The minimum Gasteiger partial charge on any atom is -0.309 e. The molecule has 0 radical (unpaired) electrons. The SMILES string of the molecule is CCCCCn1c(=NC(=O)c2c(F)cccc2F)c(C#N)cc2c(=O)n3cccc(C)c3nc21. The van der Waals surface area contributed by atoms with Gasteiger partial charge in [0.2, 0.25) is 0 Å². The molecule has 0 N–H and O–H groups in total. The van der Waals surface area contributed by atoms with E-state index in [0.29, 0.717) is 18.6 Å². The second-order valence-electron chi connectivity index (χ2n) is 7.90. The summed E-state index contributed by atoms with van der Waals surface area (Å²) in [4.78, 5) is 34.7. The van der Waals surface area contributed by atoms with Crippen molar-refractivity contribution >= 4 is 22.6 Å². The van der Waals surface area contributed by atoms with E-state index in [1.807, 2.05) is 26.0 Å². The van der Waals surface area contributed by atoms with E-state index in [-0.39, 0.29) is 27.6 Å². The first-order valence-electron chi connectivity index (χ1n) is 10.9. The molecule has 0 aliphatic carbocycles. The normalized spacial score (nSPS) is 11.8. The van der Waals surface area contributed by atoms with Crippen molar-refractivity contribution in [2.45, 2.75) is 39.7 Å². The first-order valence-corrected chi connectivity index (χ1v) is 10.9. The van der Waals surface area contributed by atoms with E-state index in [0.717, 1.165) is 36.6 Å². The molecular weight excluding hydrogens is 440 g/mol. The number of carbonyl (C=O) groups is 1. The molecule has 172 valence electrons. The zero-order valence-corrected chi connectivity index (χ0v) is 18.7. The molecule has 9 heteroatoms. The molecule has 1 amide bonds. The van der Waals surface area contributed by atoms with Crippen molar-refractivity contribution in [3.05, 3.63) is 86.8 Å². The Morgan fingerprint density at radius 1 is 1.15 bits per heavy atom. The van der Waals surface area contributed by atoms with Crippen molar-refractivity contribution in [2.24, 2.45) is 4.99 Å². The Bertz CT molecular complexity index is 1590. The van der Waals surface area contributed by atoms with Gasteiger partial charge in [-0.3, -0.25) is 14.0 Å². The molecule has 7 nitrogen and oxygen atoms in total. The quantitative estimate of drug-likeness (QED) is 0.331. The minimum atomic E-state index is -1.16. The van der Waals surface area contributed by atoms with Crippen LogP contribution in [0.3, 0.4) is 0 Å². The molecule has 0 fully saturated rings. The Labute approximate surface area is 193 Å². The summed E-state index contributed by atoms with van der Waals surface area (Å²) < 4.78 is 31.3. The number of hydrogen-bond donors (Lipinski definition) is 0. The molecule has 0 unspecified atom stereocenters. The summed E-state index contributed by atoms with van der Waals surface area (Å²) in [5.41, 5.74) is 0.0796. The summed E-state index contributed by atoms with van der Waals surface area (Å²) in [5, 5.41) is 9.98. The van der Waals surface area contributed by atoms with Gasteiger partial charge < -0.3 is 4.57 Å². The van der Waals surface area contributed by atoms with E-state index >= 15 is 0 Å². The second-order valence-corrected chi connectivity index (χ2v) is 7.90. The van der Waals surface area contributed by atoms with Gasteiger partial charge >= 0.3 is 0 Å². The van der Waals surface area contributed by atoms with Crippen LogP contribution in [0.15, 0.2) is 52.4 Å². The number of rotatable bonds is 5. The summed E-state index contributed by atoms with van der Waals surface area (Å²) in [6, 6.07) is 9.89. The minimum absolute atomic E-state index is 0.0689. The Morgan fingerprint density at radius 2 is 1.88 bits per heavy atom. The second kappa shape index (κ2) is 9.35. The number of nitriles is 1. The highest BCUT2D eigenvalue weighted by Crippen LogP contribution is 2.16. The van der Waals surface area contributed by atoms with Crippen LogP contribution in [0, 0.1) is 29.9 Å². The van der Waals surface area contributed by atoms with Crippen molar-refractivity contribution in [3.8, 4) is 6.07 Å². The highest BCUT2D eigenvalue weighted by molar-refractivity contribution is 5.95. The molecule has 4 aromatic rings. The number of unbranched alkanes of at least 4 members (excludes halogenated alkanes) is 2. The van der Waals surface area contributed by atoms with Gasteiger partial charge in [0.05, 0.1) is 10.9 Å². The molecular formula is C25H21F2N5O2. The summed E-state index contributed by atoms with van der Waals surface area (Å²) in [7, 11) is 0. The van der Waals surface area contributed by atoms with Gasteiger partial charge in [-0.25, -0.2) is 13.8 Å². The van der Waals surface area contributed by atoms with Crippen LogP contribution in [0.25, 0.3) is 16.7 Å². The van der Waals surface area contributed by atoms with Gasteiger partial charge in [-0.2, -0.15) is 10.3 Å². The van der Waals surface area contributed by atoms with E-state index in [1.165, 1.54) is 15.0 Å². The van der Waals surface area contributed by atoms with E-state index in [9.17, 15) is 23.6 Å². The van der Waals surface area contributed by atoms with E-state index in [1.54, 1.807) is 12.3 Å². The zero-order valence-electron chi connectivity index (χ0n) is 18.7. The first-order chi connectivity index (χ1) is 16.4. The number of hydrogen-bond acceptors (Lipinski definition) is 4. The molecule has 0 aliphatic heterocycles. The molecule has 0 aliphatic rings. The average Bonchev–Trinajstić information content (AvgIpc) is 2.81. The fourth-order valence-electron chi connectivity index (χ4n) is 3.88. The zero-order chi connectivity index (χ0) is 24.4. The molecule has 0 saturated heterocycles. The van der Waals surface area contributed by atoms with Gasteiger partial charge in [-0.1, -0.05) is 31.9 Å². The van der Waals surface area contributed by atoms with Gasteiger partial charge in [0.1, 0.15) is 34.6 Å². The molecule has 3 aromatic heterocycles. The van der Waals surface area contributed by atoms with E-state index in [2.05, 4.69) is 9.98 Å². The molecule has 4 rings (SSSR count). The average molecular weight is 461 g/mol. The number of halogens is 2. The van der Waals surface area contributed by atoms with Gasteiger partial charge in [0.25, 0.3) is 11.5 Å². The maximum atomic E-state index is 14.2. The number of fused-ring (bicyclic) bond motifs is 2. The van der Waals surface area contributed by atoms with Crippen LogP contribution in [0.4, 0.5) is 8.78 Å². The third kappa shape index (κ3) is 3.99. The van der Waals surface area contributed by atoms with E-state index < -0.39 is 23.1 Å². The van der Waals surface area contributed by atoms with Crippen LogP contribution in [-0.2, 0) is 6.54 Å². The maximum Gasteiger partial charge on any atom is 0.284 e. The van der Waals surface area contributed by atoms with Crippen LogP contribution in [0.1, 0.15) is 47.7 Å². The largest absolute Gasteiger partial charge is 0.309 e. The number of benzene rings is 1. The smallest absolute Gasteiger partial charge is 0.284 e. The molecule has 1 aromatic carbocycles. The van der Waals surface area contributed by atoms with Crippen LogP contribution in [-0.4, -0.2) is 19.9 Å². The number of pyridine rings is 2. The maximum absolute atomic E-state index is 14.2. The monoisotopic (exact) mass is 461 g/mol. The Morgan fingerprint density at radius 3 is 2.56 bits per heavy atom. The summed E-state index contributed by atoms with van der Waals surface area (Å²) in [6.45, 7) is 4.14. The number of carbonyl (C=O) groups excluding carboxylic acids is 1. The number of amides is 1. The molecule has 0 atom stereocenters. The lowest BCUT2D eigenvalue weighted by Crippen LogP contribution is -2.30. The lowest BCUT2D eigenvalue weighted by molar-refractivity contribution is 0.0989. The summed E-state index contributed by atoms with van der Waals surface area (Å²) in [5.74, 6) is -3.27. The van der Waals surface area contributed by atoms with Gasteiger partial charge in [-0.15, -0.1) is 0 Å². The predicted molar refractivity (Wildman–Crippen MR) is 122 cm³/mol. The number of aromatic nitrogens is 3. The van der Waals surface area contributed by atoms with Crippen LogP contribution >= 0.6 is 0 Å². The van der Waals surface area contributed by atoms with Gasteiger partial charge in [-0.05, 0) is 43.2 Å². The number of aryl methyl sites for hydroxylation is 2. The third-order valence-electron chi connectivity index (χ3n) is 5.59. The van der Waals surface area contributed by atoms with E-state index in [4.69, 9.17) is 0 Å². The van der Waals surface area contributed by atoms with Crippen molar-refractivity contribution in [2.75, 3.05) is 0 Å². The molecule has 34 heavy (non-hydrogen) atoms. The molecule has 0 saturated carbocycles. The lowest BCUT2D eigenvalue weighted by Gasteiger charge is -2.14. The molecule has 3 heterocycles. The van der Waals surface area contributed by atoms with Crippen LogP contribution < -0.4 is 11.0 Å². The van der Waals surface area contributed by atoms with Crippen molar-refractivity contribution in [3.63, 3.8) is 0 Å². The van der Waals surface area contributed by atoms with Crippen molar-refractivity contribution < 1.29 is 13.6 Å². The Hall–Kier alpha value is -4.19. The topological polar surface area (TPSA) is 92.5 Å². The fraction of sp³-hybridized carbons (Fsp3) is 0.240. The van der Waals surface area contributed by atoms with Gasteiger partial charge in [0.15, 0.2) is 5.49 Å². The first kappa shape index (κ1) is 23.0. The summed E-state index contributed by atoms with van der Waals surface area (Å²) in [6.07, 6.45) is 3.99. The Balaban J connectivity index is 2.10. The summed E-state index contributed by atoms with van der Waals surface area (Å²) >= 11 is 0. The molecule has 0 bridgehead atoms. The lowest BCUT2D eigenvalue weighted by atomic mass is 10.1. The highest BCUT2D eigenvalue weighted by atomic mass is 19.1. The number of nitrogens with zero attached hydrogens (tertiary/aromatic N) is 5. The van der Waals surface area contributed by atoms with Crippen LogP contribution in [0.2, 0.25) is 0 Å². The highest BCUT2D eigenvalue weighted by Gasteiger charge is 2.19. The third-order valence-corrected chi connectivity index (χ3v) is 5.59. The standard InChI is InChI=1S/C25H21F2N5O2/c1-3-4-5-11-31-22(30-24(33)20-18(26)9-6-10-19(20)27)16(14-28)13-17-23(31)29-21-15(2)8-7-12-32(21)25(17)34/h6-10,12-13H,3-5,11H2,1-2H3. The predicted octanol–water partition coefficient (Wildman–Crippen LogP) is 4.04. The van der Waals surface area contributed by atoms with Crippen LogP contribution in [0.5, 0.6) is 0 Å². The Kier molecular flexibility index (Phi) is 6.32. The van der Waals surface area contributed by atoms with Crippen molar-refractivity contribution in [1.82, 2.24) is 14.0 Å². The van der Waals surface area contributed by atoms with Gasteiger partial charge in [0, 0.05) is 12.7 Å². The van der Waals surface area contributed by atoms with Crippen molar-refractivity contribution in [1.29, 1.82) is 5.26 Å². The fourth-order valence-corrected chi connectivity index (χ4v) is 3.88.